The molecule has 0 radical (unpaired) electrons. The van der Waals surface area contributed by atoms with Gasteiger partial charge in [-0.05, 0) is 13.0 Å². The van der Waals surface area contributed by atoms with Gasteiger partial charge in [0.1, 0.15) is 0 Å². The minimum atomic E-state index is -0.228. The molecule has 1 aromatic heterocycles. The number of ether oxygens (including phenoxy) is 2. The van der Waals surface area contributed by atoms with Gasteiger partial charge in [0.15, 0.2) is 6.29 Å². The van der Waals surface area contributed by atoms with Crippen molar-refractivity contribution in [3.05, 3.63) is 18.0 Å². The molecule has 0 spiro atoms. The molecule has 1 N–H and O–H groups in total. The predicted octanol–water partition coefficient (Wildman–Crippen LogP) is 0.517. The van der Waals surface area contributed by atoms with E-state index in [2.05, 4.69) is 10.4 Å². The zero-order valence-electron chi connectivity index (χ0n) is 9.73. The summed E-state index contributed by atoms with van der Waals surface area (Å²) in [6.45, 7) is 2.73. The fraction of sp³-hybridized carbons (Fsp3) is 0.700. The lowest BCUT2D eigenvalue weighted by Gasteiger charge is -2.21. The van der Waals surface area contributed by atoms with Gasteiger partial charge in [0, 0.05) is 34.0 Å². The highest BCUT2D eigenvalue weighted by molar-refractivity contribution is 4.98. The Morgan fingerprint density at radius 3 is 2.60 bits per heavy atom. The molecule has 0 aromatic carbocycles. The summed E-state index contributed by atoms with van der Waals surface area (Å²) in [5.74, 6) is 0. The Hall–Kier alpha value is -0.910. The summed E-state index contributed by atoms with van der Waals surface area (Å²) in [7, 11) is 5.17. The zero-order chi connectivity index (χ0) is 11.3. The molecule has 0 saturated carbocycles. The summed E-state index contributed by atoms with van der Waals surface area (Å²) >= 11 is 0. The maximum atomic E-state index is 5.14. The average Bonchev–Trinajstić information content (AvgIpc) is 2.63. The first kappa shape index (κ1) is 12.2. The van der Waals surface area contributed by atoms with Gasteiger partial charge in [0.2, 0.25) is 0 Å². The maximum absolute atomic E-state index is 5.14. The van der Waals surface area contributed by atoms with Gasteiger partial charge >= 0.3 is 0 Å². The normalized spacial score (nSPS) is 13.4. The molecule has 1 rings (SSSR count). The van der Waals surface area contributed by atoms with E-state index >= 15 is 0 Å². The molecule has 1 heterocycles. The van der Waals surface area contributed by atoms with Crippen molar-refractivity contribution in [3.8, 4) is 0 Å². The SMILES string of the molecule is COC(OC)C(C)NCc1ccn(C)n1. The predicted molar refractivity (Wildman–Crippen MR) is 57.3 cm³/mol. The third-order valence-electron chi connectivity index (χ3n) is 2.25. The van der Waals surface area contributed by atoms with Crippen LogP contribution in [0.4, 0.5) is 0 Å². The Morgan fingerprint density at radius 2 is 2.13 bits per heavy atom. The van der Waals surface area contributed by atoms with Gasteiger partial charge < -0.3 is 14.8 Å². The molecule has 0 amide bonds. The van der Waals surface area contributed by atoms with Crippen molar-refractivity contribution in [3.63, 3.8) is 0 Å². The number of methoxy groups -OCH3 is 2. The van der Waals surface area contributed by atoms with Crippen LogP contribution < -0.4 is 5.32 Å². The zero-order valence-corrected chi connectivity index (χ0v) is 9.73. The summed E-state index contributed by atoms with van der Waals surface area (Å²) in [6.07, 6.45) is 1.69. The molecule has 0 aliphatic carbocycles. The van der Waals surface area contributed by atoms with Crippen molar-refractivity contribution in [2.45, 2.75) is 25.8 Å². The van der Waals surface area contributed by atoms with Crippen LogP contribution in [0, 0.1) is 0 Å². The quantitative estimate of drug-likeness (QED) is 0.700. The van der Waals surface area contributed by atoms with E-state index in [1.807, 2.05) is 26.2 Å². The number of hydrogen-bond acceptors (Lipinski definition) is 4. The summed E-state index contributed by atoms with van der Waals surface area (Å²) in [4.78, 5) is 0. The van der Waals surface area contributed by atoms with E-state index in [1.165, 1.54) is 0 Å². The molecular weight excluding hydrogens is 194 g/mol. The third-order valence-corrected chi connectivity index (χ3v) is 2.25. The van der Waals surface area contributed by atoms with Gasteiger partial charge in [0.05, 0.1) is 11.7 Å². The standard InChI is InChI=1S/C10H19N3O2/c1-8(10(14-3)15-4)11-7-9-5-6-13(2)12-9/h5-6,8,10-11H,7H2,1-4H3. The lowest BCUT2D eigenvalue weighted by molar-refractivity contribution is -0.119. The molecule has 1 unspecified atom stereocenters. The molecule has 0 saturated heterocycles. The highest BCUT2D eigenvalue weighted by Crippen LogP contribution is 2.00. The monoisotopic (exact) mass is 213 g/mol. The van der Waals surface area contributed by atoms with Crippen molar-refractivity contribution >= 4 is 0 Å². The molecule has 0 aliphatic heterocycles. The number of aromatic nitrogens is 2. The van der Waals surface area contributed by atoms with Crippen LogP contribution in [0.1, 0.15) is 12.6 Å². The summed E-state index contributed by atoms with van der Waals surface area (Å²) in [5.41, 5.74) is 1.01. The molecule has 0 bridgehead atoms. The molecule has 5 nitrogen and oxygen atoms in total. The highest BCUT2D eigenvalue weighted by atomic mass is 16.7. The first-order valence-corrected chi connectivity index (χ1v) is 4.95. The van der Waals surface area contributed by atoms with E-state index < -0.39 is 0 Å². The van der Waals surface area contributed by atoms with Crippen molar-refractivity contribution in [1.82, 2.24) is 15.1 Å². The molecule has 1 atom stereocenters. The average molecular weight is 213 g/mol. The molecule has 0 fully saturated rings. The fourth-order valence-electron chi connectivity index (χ4n) is 1.42. The van der Waals surface area contributed by atoms with Crippen LogP contribution in [-0.4, -0.2) is 36.3 Å². The largest absolute Gasteiger partial charge is 0.354 e. The van der Waals surface area contributed by atoms with Gasteiger partial charge in [-0.2, -0.15) is 5.10 Å². The number of nitrogens with zero attached hydrogens (tertiary/aromatic N) is 2. The second-order valence-corrected chi connectivity index (χ2v) is 3.49. The number of rotatable bonds is 6. The van der Waals surface area contributed by atoms with Crippen LogP contribution in [0.3, 0.4) is 0 Å². The number of aryl methyl sites for hydroxylation is 1. The second kappa shape index (κ2) is 5.85. The van der Waals surface area contributed by atoms with Crippen molar-refractivity contribution in [1.29, 1.82) is 0 Å². The van der Waals surface area contributed by atoms with Gasteiger partial charge in [0.25, 0.3) is 0 Å². The van der Waals surface area contributed by atoms with E-state index in [0.717, 1.165) is 5.69 Å². The van der Waals surface area contributed by atoms with E-state index in [9.17, 15) is 0 Å². The Labute approximate surface area is 90.4 Å². The third kappa shape index (κ3) is 3.62. The Morgan fingerprint density at radius 1 is 1.47 bits per heavy atom. The molecule has 5 heteroatoms. The Kier molecular flexibility index (Phi) is 4.74. The van der Waals surface area contributed by atoms with E-state index in [0.29, 0.717) is 6.54 Å². The summed E-state index contributed by atoms with van der Waals surface area (Å²) in [5, 5.41) is 7.55. The first-order chi connectivity index (χ1) is 7.17. The molecule has 0 aliphatic rings. The van der Waals surface area contributed by atoms with Crippen LogP contribution >= 0.6 is 0 Å². The van der Waals surface area contributed by atoms with Gasteiger partial charge in [-0.25, -0.2) is 0 Å². The number of nitrogens with one attached hydrogen (secondary N) is 1. The van der Waals surface area contributed by atoms with Crippen molar-refractivity contribution < 1.29 is 9.47 Å². The van der Waals surface area contributed by atoms with Gasteiger partial charge in [-0.1, -0.05) is 0 Å². The van der Waals surface area contributed by atoms with Crippen molar-refractivity contribution in [2.75, 3.05) is 14.2 Å². The van der Waals surface area contributed by atoms with Crippen molar-refractivity contribution in [2.24, 2.45) is 7.05 Å². The molecule has 1 aromatic rings. The van der Waals surface area contributed by atoms with Crippen LogP contribution in [0.25, 0.3) is 0 Å². The van der Waals surface area contributed by atoms with Gasteiger partial charge in [-0.15, -0.1) is 0 Å². The second-order valence-electron chi connectivity index (χ2n) is 3.49. The highest BCUT2D eigenvalue weighted by Gasteiger charge is 2.14. The van der Waals surface area contributed by atoms with Crippen LogP contribution in [0.15, 0.2) is 12.3 Å². The van der Waals surface area contributed by atoms with E-state index in [4.69, 9.17) is 9.47 Å². The van der Waals surface area contributed by atoms with Crippen LogP contribution in [0.5, 0.6) is 0 Å². The summed E-state index contributed by atoms with van der Waals surface area (Å²) in [6, 6.07) is 2.11. The van der Waals surface area contributed by atoms with Crippen LogP contribution in [0.2, 0.25) is 0 Å². The lowest BCUT2D eigenvalue weighted by atomic mass is 10.3. The topological polar surface area (TPSA) is 48.3 Å². The summed E-state index contributed by atoms with van der Waals surface area (Å²) < 4.78 is 12.1. The molecular formula is C10H19N3O2. The maximum Gasteiger partial charge on any atom is 0.171 e. The van der Waals surface area contributed by atoms with E-state index in [-0.39, 0.29) is 12.3 Å². The van der Waals surface area contributed by atoms with Crippen LogP contribution in [-0.2, 0) is 23.1 Å². The number of hydrogen-bond donors (Lipinski definition) is 1. The Balaban J connectivity index is 2.36. The van der Waals surface area contributed by atoms with E-state index in [1.54, 1.807) is 18.9 Å². The smallest absolute Gasteiger partial charge is 0.171 e. The lowest BCUT2D eigenvalue weighted by Crippen LogP contribution is -2.39. The van der Waals surface area contributed by atoms with Gasteiger partial charge in [-0.3, -0.25) is 4.68 Å². The minimum absolute atomic E-state index is 0.127. The minimum Gasteiger partial charge on any atom is -0.354 e. The Bertz CT molecular complexity index is 284. The molecule has 86 valence electrons. The molecule has 15 heavy (non-hydrogen) atoms. The first-order valence-electron chi connectivity index (χ1n) is 4.95. The fourth-order valence-corrected chi connectivity index (χ4v) is 1.42.